The first-order chi connectivity index (χ1) is 5.52. The topological polar surface area (TPSA) is 42.9 Å². The molecule has 0 N–H and O–H groups in total. The predicted molar refractivity (Wildman–Crippen MR) is 52.5 cm³/mol. The maximum atomic E-state index is 11.5. The van der Waals surface area contributed by atoms with Gasteiger partial charge in [0.1, 0.15) is 0 Å². The fourth-order valence-corrected chi connectivity index (χ4v) is 0.752. The highest BCUT2D eigenvalue weighted by atomic mass is 16.1. The molecular formula is C10H16N2O. The molecule has 1 aromatic rings. The predicted octanol–water partition coefficient (Wildman–Crippen LogP) is 2.34. The molecule has 3 nitrogen and oxygen atoms in total. The minimum Gasteiger partial charge on any atom is -0.290 e. The van der Waals surface area contributed by atoms with Crippen molar-refractivity contribution in [1.29, 1.82) is 0 Å². The smallest absolute Gasteiger partial charge is 0.205 e. The molecule has 1 heterocycles. The lowest BCUT2D eigenvalue weighted by Gasteiger charge is -2.14. The number of carbonyl (C=O) groups excluding carboxylic acids is 1. The molecule has 0 amide bonds. The van der Waals surface area contributed by atoms with Crippen LogP contribution in [0.25, 0.3) is 0 Å². The lowest BCUT2D eigenvalue weighted by atomic mass is 9.90. The Labute approximate surface area is 79.2 Å². The second kappa shape index (κ2) is 4.12. The quantitative estimate of drug-likeness (QED) is 0.623. The van der Waals surface area contributed by atoms with E-state index in [0.29, 0.717) is 5.82 Å². The highest BCUT2D eigenvalue weighted by molar-refractivity contribution is 5.96. The van der Waals surface area contributed by atoms with Gasteiger partial charge in [-0.3, -0.25) is 4.79 Å². The second-order valence-electron chi connectivity index (χ2n) is 3.65. The molecule has 13 heavy (non-hydrogen) atoms. The van der Waals surface area contributed by atoms with Crippen LogP contribution in [0.4, 0.5) is 0 Å². The Morgan fingerprint density at radius 3 is 2.08 bits per heavy atom. The number of nitrogens with zero attached hydrogens (tertiary/aromatic N) is 2. The molecule has 0 atom stereocenters. The van der Waals surface area contributed by atoms with Gasteiger partial charge in [-0.2, -0.15) is 0 Å². The Morgan fingerprint density at radius 1 is 1.23 bits per heavy atom. The van der Waals surface area contributed by atoms with Crippen molar-refractivity contribution in [3.05, 3.63) is 24.3 Å². The third kappa shape index (κ3) is 2.93. The Morgan fingerprint density at radius 2 is 1.69 bits per heavy atom. The van der Waals surface area contributed by atoms with Gasteiger partial charge in [0.2, 0.25) is 5.78 Å². The van der Waals surface area contributed by atoms with Gasteiger partial charge in [-0.1, -0.05) is 28.2 Å². The standard InChI is InChI=1S/C9H12N2O.CH4/c1-9(2,3)7(12)8-10-5-4-6-11-8;/h4-6H,1-3H3;1H4. The van der Waals surface area contributed by atoms with E-state index in [1.54, 1.807) is 18.5 Å². The average Bonchev–Trinajstić information content (AvgIpc) is 2.03. The summed E-state index contributed by atoms with van der Waals surface area (Å²) in [7, 11) is 0. The van der Waals surface area contributed by atoms with Gasteiger partial charge in [-0.05, 0) is 6.07 Å². The van der Waals surface area contributed by atoms with Crippen LogP contribution in [0, 0.1) is 5.41 Å². The number of ketones is 1. The zero-order valence-corrected chi connectivity index (χ0v) is 7.53. The summed E-state index contributed by atoms with van der Waals surface area (Å²) in [6.07, 6.45) is 3.15. The summed E-state index contributed by atoms with van der Waals surface area (Å²) in [5.41, 5.74) is -0.401. The van der Waals surface area contributed by atoms with Crippen LogP contribution in [-0.2, 0) is 0 Å². The zero-order valence-electron chi connectivity index (χ0n) is 7.53. The summed E-state index contributed by atoms with van der Waals surface area (Å²) in [5, 5.41) is 0. The lowest BCUT2D eigenvalue weighted by Crippen LogP contribution is -2.22. The molecule has 0 fully saturated rings. The number of hydrogen-bond donors (Lipinski definition) is 0. The van der Waals surface area contributed by atoms with Crippen LogP contribution in [0.5, 0.6) is 0 Å². The molecule has 72 valence electrons. The van der Waals surface area contributed by atoms with Crippen molar-refractivity contribution >= 4 is 5.78 Å². The van der Waals surface area contributed by atoms with Crippen LogP contribution >= 0.6 is 0 Å². The normalized spacial score (nSPS) is 10.4. The molecule has 1 rings (SSSR count). The van der Waals surface area contributed by atoms with Crippen LogP contribution in [-0.4, -0.2) is 15.8 Å². The highest BCUT2D eigenvalue weighted by Crippen LogP contribution is 2.17. The van der Waals surface area contributed by atoms with E-state index in [9.17, 15) is 4.79 Å². The monoisotopic (exact) mass is 180 g/mol. The van der Waals surface area contributed by atoms with Gasteiger partial charge in [0.25, 0.3) is 0 Å². The molecule has 0 saturated carbocycles. The summed E-state index contributed by atoms with van der Waals surface area (Å²) >= 11 is 0. The Hall–Kier alpha value is -1.25. The second-order valence-corrected chi connectivity index (χ2v) is 3.65. The fourth-order valence-electron chi connectivity index (χ4n) is 0.752. The molecule has 0 aliphatic heterocycles. The van der Waals surface area contributed by atoms with E-state index < -0.39 is 5.41 Å². The maximum Gasteiger partial charge on any atom is 0.205 e. The molecule has 0 radical (unpaired) electrons. The first-order valence-corrected chi connectivity index (χ1v) is 3.83. The zero-order chi connectivity index (χ0) is 9.19. The number of hydrogen-bond acceptors (Lipinski definition) is 3. The lowest BCUT2D eigenvalue weighted by molar-refractivity contribution is 0.0847. The van der Waals surface area contributed by atoms with E-state index in [4.69, 9.17) is 0 Å². The van der Waals surface area contributed by atoms with Gasteiger partial charge >= 0.3 is 0 Å². The van der Waals surface area contributed by atoms with Gasteiger partial charge in [-0.25, -0.2) is 9.97 Å². The van der Waals surface area contributed by atoms with E-state index in [2.05, 4.69) is 9.97 Å². The van der Waals surface area contributed by atoms with E-state index >= 15 is 0 Å². The van der Waals surface area contributed by atoms with Crippen LogP contribution < -0.4 is 0 Å². The first-order valence-electron chi connectivity index (χ1n) is 3.83. The number of aromatic nitrogens is 2. The molecule has 0 aromatic carbocycles. The fraction of sp³-hybridized carbons (Fsp3) is 0.500. The van der Waals surface area contributed by atoms with Gasteiger partial charge in [0.15, 0.2) is 5.82 Å². The Bertz CT molecular complexity index is 275. The summed E-state index contributed by atoms with van der Waals surface area (Å²) in [5.74, 6) is 0.271. The van der Waals surface area contributed by atoms with Crippen molar-refractivity contribution in [1.82, 2.24) is 9.97 Å². The van der Waals surface area contributed by atoms with Gasteiger partial charge in [0, 0.05) is 17.8 Å². The Kier molecular flexibility index (Phi) is 3.72. The van der Waals surface area contributed by atoms with Crippen molar-refractivity contribution < 1.29 is 4.79 Å². The van der Waals surface area contributed by atoms with Crippen molar-refractivity contribution in [2.24, 2.45) is 5.41 Å². The summed E-state index contributed by atoms with van der Waals surface area (Å²) in [6.45, 7) is 5.56. The number of rotatable bonds is 1. The van der Waals surface area contributed by atoms with Crippen LogP contribution in [0.15, 0.2) is 18.5 Å². The highest BCUT2D eigenvalue weighted by Gasteiger charge is 2.24. The van der Waals surface area contributed by atoms with Crippen molar-refractivity contribution in [2.75, 3.05) is 0 Å². The molecule has 0 saturated heterocycles. The first kappa shape index (κ1) is 11.8. The molecule has 3 heteroatoms. The number of carbonyl (C=O) groups is 1. The van der Waals surface area contributed by atoms with E-state index in [0.717, 1.165) is 0 Å². The van der Waals surface area contributed by atoms with Gasteiger partial charge < -0.3 is 0 Å². The average molecular weight is 180 g/mol. The van der Waals surface area contributed by atoms with Crippen molar-refractivity contribution in [2.45, 2.75) is 28.2 Å². The molecule has 0 aliphatic rings. The third-order valence-electron chi connectivity index (χ3n) is 1.45. The minimum absolute atomic E-state index is 0. The molecule has 0 bridgehead atoms. The molecule has 0 aliphatic carbocycles. The molecule has 0 spiro atoms. The minimum atomic E-state index is -0.401. The van der Waals surface area contributed by atoms with Crippen molar-refractivity contribution in [3.63, 3.8) is 0 Å². The largest absolute Gasteiger partial charge is 0.290 e. The maximum absolute atomic E-state index is 11.5. The van der Waals surface area contributed by atoms with Gasteiger partial charge in [-0.15, -0.1) is 0 Å². The summed E-state index contributed by atoms with van der Waals surface area (Å²) in [6, 6.07) is 1.69. The Balaban J connectivity index is 0.00000144. The van der Waals surface area contributed by atoms with E-state index in [-0.39, 0.29) is 13.2 Å². The van der Waals surface area contributed by atoms with Crippen molar-refractivity contribution in [3.8, 4) is 0 Å². The third-order valence-corrected chi connectivity index (χ3v) is 1.45. The summed E-state index contributed by atoms with van der Waals surface area (Å²) in [4.78, 5) is 19.3. The van der Waals surface area contributed by atoms with E-state index in [1.165, 1.54) is 0 Å². The van der Waals surface area contributed by atoms with E-state index in [1.807, 2.05) is 20.8 Å². The summed E-state index contributed by atoms with van der Waals surface area (Å²) < 4.78 is 0. The SMILES string of the molecule is C.CC(C)(C)C(=O)c1ncccn1. The molecule has 0 unspecified atom stereocenters. The van der Waals surface area contributed by atoms with Crippen LogP contribution in [0.3, 0.4) is 0 Å². The molecule has 1 aromatic heterocycles. The van der Waals surface area contributed by atoms with Gasteiger partial charge in [0.05, 0.1) is 0 Å². The van der Waals surface area contributed by atoms with Crippen LogP contribution in [0.2, 0.25) is 0 Å². The molecular weight excluding hydrogens is 164 g/mol. The number of Topliss-reactive ketones (excluding diaryl/α,β-unsaturated/α-hetero) is 1. The van der Waals surface area contributed by atoms with Crippen LogP contribution in [0.1, 0.15) is 38.8 Å².